The van der Waals surface area contributed by atoms with Crippen molar-refractivity contribution in [2.24, 2.45) is 5.92 Å². The molecule has 0 radical (unpaired) electrons. The van der Waals surface area contributed by atoms with Gasteiger partial charge in [0.2, 0.25) is 5.91 Å². The summed E-state index contributed by atoms with van der Waals surface area (Å²) in [5.41, 5.74) is 0. The van der Waals surface area contributed by atoms with Gasteiger partial charge in [0.15, 0.2) is 0 Å². The molecule has 0 bridgehead atoms. The molecule has 21 heavy (non-hydrogen) atoms. The summed E-state index contributed by atoms with van der Waals surface area (Å²) < 4.78 is 5.29. The van der Waals surface area contributed by atoms with Gasteiger partial charge in [-0.1, -0.05) is 0 Å². The fourth-order valence-corrected chi connectivity index (χ4v) is 3.05. The first-order valence-electron chi connectivity index (χ1n) is 8.12. The van der Waals surface area contributed by atoms with Gasteiger partial charge in [0.25, 0.3) is 0 Å². The number of hydrogen-bond acceptors (Lipinski definition) is 4. The number of nitrogens with zero attached hydrogens (tertiary/aromatic N) is 2. The van der Waals surface area contributed by atoms with Crippen molar-refractivity contribution in [1.82, 2.24) is 15.1 Å². The third-order valence-electron chi connectivity index (χ3n) is 4.70. The Labute approximate surface area is 133 Å². The fourth-order valence-electron chi connectivity index (χ4n) is 3.05. The average molecular weight is 318 g/mol. The number of morpholine rings is 1. The quantitative estimate of drug-likeness (QED) is 0.812. The third-order valence-corrected chi connectivity index (χ3v) is 4.70. The first kappa shape index (κ1) is 17.0. The molecule has 1 aliphatic carbocycles. The Kier molecular flexibility index (Phi) is 6.74. The molecule has 3 fully saturated rings. The molecule has 122 valence electrons. The van der Waals surface area contributed by atoms with E-state index in [0.717, 1.165) is 32.1 Å². The lowest BCUT2D eigenvalue weighted by Gasteiger charge is -2.34. The number of halogens is 1. The highest BCUT2D eigenvalue weighted by molar-refractivity contribution is 5.85. The molecule has 0 atom stereocenters. The predicted octanol–water partition coefficient (Wildman–Crippen LogP) is 0.731. The van der Waals surface area contributed by atoms with Crippen molar-refractivity contribution >= 4 is 18.3 Å². The van der Waals surface area contributed by atoms with E-state index in [1.54, 1.807) is 0 Å². The molecule has 1 amide bonds. The number of ether oxygens (including phenoxy) is 1. The molecule has 2 saturated heterocycles. The van der Waals surface area contributed by atoms with Gasteiger partial charge in [-0.15, -0.1) is 12.4 Å². The van der Waals surface area contributed by atoms with Gasteiger partial charge >= 0.3 is 0 Å². The Bertz CT molecular complexity index is 325. The molecular weight excluding hydrogens is 290 g/mol. The van der Waals surface area contributed by atoms with Gasteiger partial charge in [-0.25, -0.2) is 0 Å². The maximum atomic E-state index is 12.2. The molecule has 3 rings (SSSR count). The van der Waals surface area contributed by atoms with Crippen molar-refractivity contribution in [3.05, 3.63) is 0 Å². The van der Waals surface area contributed by atoms with Crippen LogP contribution in [0.15, 0.2) is 0 Å². The largest absolute Gasteiger partial charge is 0.378 e. The second-order valence-corrected chi connectivity index (χ2v) is 6.40. The predicted molar refractivity (Wildman–Crippen MR) is 84.8 cm³/mol. The van der Waals surface area contributed by atoms with Gasteiger partial charge in [0.05, 0.1) is 19.8 Å². The van der Waals surface area contributed by atoms with Crippen LogP contribution >= 0.6 is 12.4 Å². The molecule has 1 N–H and O–H groups in total. The van der Waals surface area contributed by atoms with Crippen molar-refractivity contribution < 1.29 is 9.53 Å². The Balaban J connectivity index is 0.00000161. The van der Waals surface area contributed by atoms with E-state index in [1.165, 1.54) is 32.2 Å². The number of likely N-dealkylation sites (tertiary alicyclic amines) is 1. The van der Waals surface area contributed by atoms with Crippen LogP contribution in [-0.4, -0.2) is 74.2 Å². The summed E-state index contributed by atoms with van der Waals surface area (Å²) in [5, 5.41) is 3.68. The average Bonchev–Trinajstić information content (AvgIpc) is 3.32. The summed E-state index contributed by atoms with van der Waals surface area (Å²) in [6.45, 7) is 6.82. The summed E-state index contributed by atoms with van der Waals surface area (Å²) >= 11 is 0. The minimum atomic E-state index is 0. The summed E-state index contributed by atoms with van der Waals surface area (Å²) in [6.07, 6.45) is 5.20. The normalized spacial score (nSPS) is 24.7. The van der Waals surface area contributed by atoms with Crippen molar-refractivity contribution in [3.8, 4) is 0 Å². The van der Waals surface area contributed by atoms with Crippen LogP contribution in [0.25, 0.3) is 0 Å². The fraction of sp³-hybridized carbons (Fsp3) is 0.933. The number of carbonyl (C=O) groups excluding carboxylic acids is 1. The van der Waals surface area contributed by atoms with E-state index in [1.807, 2.05) is 4.90 Å². The van der Waals surface area contributed by atoms with Gasteiger partial charge in [-0.3, -0.25) is 9.69 Å². The highest BCUT2D eigenvalue weighted by Gasteiger charge is 2.26. The number of carbonyl (C=O) groups is 1. The van der Waals surface area contributed by atoms with Crippen LogP contribution in [0.5, 0.6) is 0 Å². The molecule has 0 aromatic rings. The van der Waals surface area contributed by atoms with E-state index in [0.29, 0.717) is 25.8 Å². The van der Waals surface area contributed by atoms with E-state index in [-0.39, 0.29) is 18.3 Å². The molecular formula is C15H28ClN3O2. The zero-order valence-corrected chi connectivity index (χ0v) is 13.6. The smallest absolute Gasteiger partial charge is 0.236 e. The first-order chi connectivity index (χ1) is 9.81. The summed E-state index contributed by atoms with van der Waals surface area (Å²) in [6, 6.07) is 0.672. The molecule has 2 heterocycles. The van der Waals surface area contributed by atoms with Crippen LogP contribution in [0.2, 0.25) is 0 Å². The van der Waals surface area contributed by atoms with Crippen LogP contribution < -0.4 is 5.32 Å². The van der Waals surface area contributed by atoms with Gasteiger partial charge in [0, 0.05) is 32.2 Å². The maximum absolute atomic E-state index is 12.2. The lowest BCUT2D eigenvalue weighted by molar-refractivity contribution is -0.136. The highest BCUT2D eigenvalue weighted by Crippen LogP contribution is 2.28. The van der Waals surface area contributed by atoms with E-state index in [4.69, 9.17) is 4.74 Å². The molecule has 0 unspecified atom stereocenters. The van der Waals surface area contributed by atoms with Gasteiger partial charge < -0.3 is 15.0 Å². The Hall–Kier alpha value is -0.360. The van der Waals surface area contributed by atoms with Gasteiger partial charge in [-0.2, -0.15) is 0 Å². The Morgan fingerprint density at radius 2 is 1.71 bits per heavy atom. The second-order valence-electron chi connectivity index (χ2n) is 6.40. The van der Waals surface area contributed by atoms with Crippen molar-refractivity contribution in [2.45, 2.75) is 31.7 Å². The highest BCUT2D eigenvalue weighted by atomic mass is 35.5. The van der Waals surface area contributed by atoms with E-state index in [9.17, 15) is 4.79 Å². The summed E-state index contributed by atoms with van der Waals surface area (Å²) in [5.74, 6) is 1.23. The van der Waals surface area contributed by atoms with E-state index in [2.05, 4.69) is 10.2 Å². The molecule has 5 nitrogen and oxygen atoms in total. The van der Waals surface area contributed by atoms with Crippen LogP contribution in [0.3, 0.4) is 0 Å². The lowest BCUT2D eigenvalue weighted by atomic mass is 10.0. The standard InChI is InChI=1S/C15H27N3O2.ClH/c19-15(18-7-9-20-10-8-18)12-17-5-3-14(4-6-17)16-11-13-1-2-13;/h13-14,16H,1-12H2;1H. The van der Waals surface area contributed by atoms with Crippen molar-refractivity contribution in [3.63, 3.8) is 0 Å². The zero-order valence-electron chi connectivity index (χ0n) is 12.8. The SMILES string of the molecule is Cl.O=C(CN1CCC(NCC2CC2)CC1)N1CCOCC1. The van der Waals surface area contributed by atoms with Crippen LogP contribution in [0, 0.1) is 5.92 Å². The number of hydrogen-bond donors (Lipinski definition) is 1. The Morgan fingerprint density at radius 3 is 2.33 bits per heavy atom. The Morgan fingerprint density at radius 1 is 1.05 bits per heavy atom. The molecule has 1 saturated carbocycles. The third kappa shape index (κ3) is 5.40. The second kappa shape index (κ2) is 8.32. The number of piperidine rings is 1. The van der Waals surface area contributed by atoms with Gasteiger partial charge in [-0.05, 0) is 38.1 Å². The monoisotopic (exact) mass is 317 g/mol. The number of nitrogens with one attached hydrogen (secondary N) is 1. The molecule has 0 aromatic carbocycles. The summed E-state index contributed by atoms with van der Waals surface area (Å²) in [4.78, 5) is 16.4. The minimum absolute atomic E-state index is 0. The van der Waals surface area contributed by atoms with Gasteiger partial charge in [0.1, 0.15) is 0 Å². The molecule has 2 aliphatic heterocycles. The summed E-state index contributed by atoms with van der Waals surface area (Å²) in [7, 11) is 0. The van der Waals surface area contributed by atoms with Crippen molar-refractivity contribution in [1.29, 1.82) is 0 Å². The maximum Gasteiger partial charge on any atom is 0.236 e. The zero-order chi connectivity index (χ0) is 13.8. The first-order valence-corrected chi connectivity index (χ1v) is 8.12. The van der Waals surface area contributed by atoms with Crippen LogP contribution in [-0.2, 0) is 9.53 Å². The number of amides is 1. The molecule has 3 aliphatic rings. The van der Waals surface area contributed by atoms with Crippen molar-refractivity contribution in [2.75, 3.05) is 52.5 Å². The minimum Gasteiger partial charge on any atom is -0.378 e. The molecule has 0 aromatic heterocycles. The van der Waals surface area contributed by atoms with Crippen LogP contribution in [0.1, 0.15) is 25.7 Å². The van der Waals surface area contributed by atoms with E-state index < -0.39 is 0 Å². The van der Waals surface area contributed by atoms with Crippen LogP contribution in [0.4, 0.5) is 0 Å². The lowest BCUT2D eigenvalue weighted by Crippen LogP contribution is -2.49. The topological polar surface area (TPSA) is 44.8 Å². The molecule has 6 heteroatoms. The van der Waals surface area contributed by atoms with E-state index >= 15 is 0 Å². The number of rotatable bonds is 5. The molecule has 0 spiro atoms.